The zero-order valence-electron chi connectivity index (χ0n) is 13.3. The fourth-order valence-electron chi connectivity index (χ4n) is 2.12. The standard InChI is InChI=1S/C17H21N3O2/c1-11(15(21)20-17(2,3)4)19-16(22)13-7-5-9-14-12(13)8-6-10-18-14/h5-11H,1-4H3,(H,19,22)(H,20,21). The molecule has 1 aromatic heterocycles. The maximum absolute atomic E-state index is 12.4. The Labute approximate surface area is 130 Å². The zero-order chi connectivity index (χ0) is 16.3. The molecule has 0 spiro atoms. The number of nitrogens with zero attached hydrogens (tertiary/aromatic N) is 1. The van der Waals surface area contributed by atoms with Gasteiger partial charge in [0.25, 0.3) is 5.91 Å². The van der Waals surface area contributed by atoms with Crippen molar-refractivity contribution in [3.63, 3.8) is 0 Å². The van der Waals surface area contributed by atoms with Gasteiger partial charge in [0.05, 0.1) is 5.52 Å². The SMILES string of the molecule is CC(NC(=O)c1cccc2ncccc12)C(=O)NC(C)(C)C. The van der Waals surface area contributed by atoms with Crippen LogP contribution in [-0.2, 0) is 4.79 Å². The fourth-order valence-corrected chi connectivity index (χ4v) is 2.12. The second kappa shape index (κ2) is 6.13. The van der Waals surface area contributed by atoms with E-state index in [1.54, 1.807) is 31.3 Å². The number of amides is 2. The van der Waals surface area contributed by atoms with Gasteiger partial charge in [0, 0.05) is 22.7 Å². The van der Waals surface area contributed by atoms with Gasteiger partial charge in [-0.3, -0.25) is 14.6 Å². The molecule has 0 saturated carbocycles. The third kappa shape index (κ3) is 3.81. The van der Waals surface area contributed by atoms with Crippen LogP contribution in [0.3, 0.4) is 0 Å². The van der Waals surface area contributed by atoms with E-state index in [9.17, 15) is 9.59 Å². The van der Waals surface area contributed by atoms with Crippen molar-refractivity contribution >= 4 is 22.7 Å². The lowest BCUT2D eigenvalue weighted by Gasteiger charge is -2.23. The van der Waals surface area contributed by atoms with Crippen LogP contribution >= 0.6 is 0 Å². The summed E-state index contributed by atoms with van der Waals surface area (Å²) in [6.07, 6.45) is 1.68. The molecule has 0 bridgehead atoms. The van der Waals surface area contributed by atoms with Crippen molar-refractivity contribution in [2.75, 3.05) is 0 Å². The van der Waals surface area contributed by atoms with E-state index in [1.165, 1.54) is 0 Å². The van der Waals surface area contributed by atoms with Gasteiger partial charge >= 0.3 is 0 Å². The normalized spacial score (nSPS) is 12.7. The first-order valence-corrected chi connectivity index (χ1v) is 7.24. The molecule has 2 N–H and O–H groups in total. The van der Waals surface area contributed by atoms with Gasteiger partial charge in [0.2, 0.25) is 5.91 Å². The lowest BCUT2D eigenvalue weighted by Crippen LogP contribution is -2.50. The molecule has 2 rings (SSSR count). The number of benzene rings is 1. The summed E-state index contributed by atoms with van der Waals surface area (Å²) in [4.78, 5) is 28.7. The van der Waals surface area contributed by atoms with Gasteiger partial charge < -0.3 is 10.6 Å². The Hall–Kier alpha value is -2.43. The summed E-state index contributed by atoms with van der Waals surface area (Å²) in [5.41, 5.74) is 0.933. The van der Waals surface area contributed by atoms with Gasteiger partial charge in [-0.2, -0.15) is 0 Å². The first-order chi connectivity index (χ1) is 10.3. The van der Waals surface area contributed by atoms with E-state index >= 15 is 0 Å². The molecule has 22 heavy (non-hydrogen) atoms. The van der Waals surface area contributed by atoms with Gasteiger partial charge in [0.15, 0.2) is 0 Å². The van der Waals surface area contributed by atoms with Gasteiger partial charge in [-0.05, 0) is 45.9 Å². The average molecular weight is 299 g/mol. The van der Waals surface area contributed by atoms with Crippen molar-refractivity contribution in [2.45, 2.75) is 39.3 Å². The summed E-state index contributed by atoms with van der Waals surface area (Å²) < 4.78 is 0. The average Bonchev–Trinajstić information content (AvgIpc) is 2.44. The van der Waals surface area contributed by atoms with E-state index < -0.39 is 6.04 Å². The zero-order valence-corrected chi connectivity index (χ0v) is 13.3. The van der Waals surface area contributed by atoms with Gasteiger partial charge in [-0.25, -0.2) is 0 Å². The molecule has 2 aromatic rings. The molecule has 5 heteroatoms. The highest BCUT2D eigenvalue weighted by molar-refractivity contribution is 6.07. The topological polar surface area (TPSA) is 71.1 Å². The maximum Gasteiger partial charge on any atom is 0.252 e. The minimum absolute atomic E-state index is 0.209. The fraction of sp³-hybridized carbons (Fsp3) is 0.353. The van der Waals surface area contributed by atoms with Crippen LogP contribution in [-0.4, -0.2) is 28.4 Å². The number of nitrogens with one attached hydrogen (secondary N) is 2. The quantitative estimate of drug-likeness (QED) is 0.913. The molecule has 1 atom stereocenters. The van der Waals surface area contributed by atoms with Crippen molar-refractivity contribution < 1.29 is 9.59 Å². The van der Waals surface area contributed by atoms with Crippen LogP contribution in [0.1, 0.15) is 38.1 Å². The Morgan fingerprint density at radius 1 is 1.14 bits per heavy atom. The molecule has 0 aliphatic heterocycles. The predicted octanol–water partition coefficient (Wildman–Crippen LogP) is 2.27. The second-order valence-corrected chi connectivity index (χ2v) is 6.31. The summed E-state index contributed by atoms with van der Waals surface area (Å²) >= 11 is 0. The van der Waals surface area contributed by atoms with E-state index in [2.05, 4.69) is 15.6 Å². The van der Waals surface area contributed by atoms with Crippen LogP contribution in [0.5, 0.6) is 0 Å². The van der Waals surface area contributed by atoms with Crippen molar-refractivity contribution in [3.8, 4) is 0 Å². The molecule has 1 aromatic carbocycles. The molecule has 0 saturated heterocycles. The molecule has 0 aliphatic carbocycles. The Morgan fingerprint density at radius 2 is 1.86 bits per heavy atom. The number of hydrogen-bond donors (Lipinski definition) is 2. The molecule has 116 valence electrons. The van der Waals surface area contributed by atoms with Crippen LogP contribution in [0.25, 0.3) is 10.9 Å². The van der Waals surface area contributed by atoms with Gasteiger partial charge in [0.1, 0.15) is 6.04 Å². The molecular weight excluding hydrogens is 278 g/mol. The summed E-state index contributed by atoms with van der Waals surface area (Å²) in [6.45, 7) is 7.36. The maximum atomic E-state index is 12.4. The highest BCUT2D eigenvalue weighted by Gasteiger charge is 2.21. The van der Waals surface area contributed by atoms with E-state index in [-0.39, 0.29) is 17.4 Å². The number of hydrogen-bond acceptors (Lipinski definition) is 3. The van der Waals surface area contributed by atoms with Crippen LogP contribution in [0.2, 0.25) is 0 Å². The van der Waals surface area contributed by atoms with Crippen LogP contribution < -0.4 is 10.6 Å². The Balaban J connectivity index is 2.16. The molecule has 5 nitrogen and oxygen atoms in total. The number of fused-ring (bicyclic) bond motifs is 1. The molecule has 0 aliphatic rings. The number of carbonyl (C=O) groups excluding carboxylic acids is 2. The lowest BCUT2D eigenvalue weighted by molar-refractivity contribution is -0.124. The highest BCUT2D eigenvalue weighted by Crippen LogP contribution is 2.16. The lowest BCUT2D eigenvalue weighted by atomic mass is 10.1. The predicted molar refractivity (Wildman–Crippen MR) is 86.6 cm³/mol. The summed E-state index contributed by atoms with van der Waals surface area (Å²) in [5.74, 6) is -0.491. The molecule has 2 amide bonds. The third-order valence-corrected chi connectivity index (χ3v) is 3.13. The first-order valence-electron chi connectivity index (χ1n) is 7.24. The summed E-state index contributed by atoms with van der Waals surface area (Å²) in [5, 5.41) is 6.35. The summed E-state index contributed by atoms with van der Waals surface area (Å²) in [7, 11) is 0. The molecule has 1 unspecified atom stereocenters. The number of pyridine rings is 1. The summed E-state index contributed by atoms with van der Waals surface area (Å²) in [6, 6.07) is 8.38. The molecule has 0 fully saturated rings. The van der Waals surface area contributed by atoms with Crippen LogP contribution in [0.15, 0.2) is 36.5 Å². The second-order valence-electron chi connectivity index (χ2n) is 6.31. The van der Waals surface area contributed by atoms with Gasteiger partial charge in [-0.15, -0.1) is 0 Å². The van der Waals surface area contributed by atoms with Gasteiger partial charge in [-0.1, -0.05) is 12.1 Å². The number of aromatic nitrogens is 1. The Kier molecular flexibility index (Phi) is 4.45. The third-order valence-electron chi connectivity index (χ3n) is 3.13. The van der Waals surface area contributed by atoms with E-state index in [4.69, 9.17) is 0 Å². The monoisotopic (exact) mass is 299 g/mol. The molecular formula is C17H21N3O2. The van der Waals surface area contributed by atoms with Crippen molar-refractivity contribution in [1.29, 1.82) is 0 Å². The minimum atomic E-state index is -0.612. The Bertz CT molecular complexity index is 699. The van der Waals surface area contributed by atoms with Crippen molar-refractivity contribution in [1.82, 2.24) is 15.6 Å². The number of carbonyl (C=O) groups is 2. The largest absolute Gasteiger partial charge is 0.350 e. The molecule has 0 radical (unpaired) electrons. The van der Waals surface area contributed by atoms with E-state index in [0.717, 1.165) is 10.9 Å². The van der Waals surface area contributed by atoms with E-state index in [1.807, 2.05) is 32.9 Å². The van der Waals surface area contributed by atoms with Crippen molar-refractivity contribution in [3.05, 3.63) is 42.1 Å². The van der Waals surface area contributed by atoms with E-state index in [0.29, 0.717) is 5.56 Å². The smallest absolute Gasteiger partial charge is 0.252 e. The van der Waals surface area contributed by atoms with Crippen molar-refractivity contribution in [2.24, 2.45) is 0 Å². The number of rotatable bonds is 3. The minimum Gasteiger partial charge on any atom is -0.350 e. The van der Waals surface area contributed by atoms with Crippen LogP contribution in [0, 0.1) is 0 Å². The van der Waals surface area contributed by atoms with Crippen LogP contribution in [0.4, 0.5) is 0 Å². The Morgan fingerprint density at radius 3 is 2.55 bits per heavy atom. The first kappa shape index (κ1) is 15.9. The highest BCUT2D eigenvalue weighted by atomic mass is 16.2. The molecule has 1 heterocycles.